The molecular formula is C12H11BrO2. The molecule has 0 aromatic heterocycles. The van der Waals surface area contributed by atoms with E-state index in [1.54, 1.807) is 18.2 Å². The molecule has 0 saturated heterocycles. The fraction of sp³-hybridized carbons (Fsp3) is 0.167. The van der Waals surface area contributed by atoms with Crippen molar-refractivity contribution < 1.29 is 9.59 Å². The molecular weight excluding hydrogens is 256 g/mol. The zero-order chi connectivity index (χ0) is 11.1. The van der Waals surface area contributed by atoms with Crippen molar-refractivity contribution in [3.63, 3.8) is 0 Å². The first-order chi connectivity index (χ1) is 7.30. The van der Waals surface area contributed by atoms with Gasteiger partial charge in [-0.05, 0) is 30.2 Å². The maximum Gasteiger partial charge on any atom is 0.150 e. The molecule has 0 amide bonds. The second-order valence-corrected chi connectivity index (χ2v) is 3.84. The van der Waals surface area contributed by atoms with Crippen LogP contribution in [-0.4, -0.2) is 17.9 Å². The molecule has 0 heterocycles. The van der Waals surface area contributed by atoms with E-state index in [0.717, 1.165) is 29.9 Å². The summed E-state index contributed by atoms with van der Waals surface area (Å²) in [5.41, 5.74) is 1.93. The van der Waals surface area contributed by atoms with Crippen molar-refractivity contribution in [1.29, 1.82) is 0 Å². The van der Waals surface area contributed by atoms with Crippen LogP contribution in [-0.2, 0) is 0 Å². The van der Waals surface area contributed by atoms with Gasteiger partial charge in [0.2, 0.25) is 0 Å². The highest BCUT2D eigenvalue weighted by Gasteiger charge is 1.97. The number of halogens is 1. The van der Waals surface area contributed by atoms with Gasteiger partial charge in [-0.3, -0.25) is 9.59 Å². The van der Waals surface area contributed by atoms with E-state index in [4.69, 9.17) is 0 Å². The topological polar surface area (TPSA) is 34.1 Å². The zero-order valence-corrected chi connectivity index (χ0v) is 9.74. The summed E-state index contributed by atoms with van der Waals surface area (Å²) in [5.74, 6) is 0. The Kier molecular flexibility index (Phi) is 4.98. The van der Waals surface area contributed by atoms with Crippen LogP contribution >= 0.6 is 15.9 Å². The van der Waals surface area contributed by atoms with Crippen LogP contribution in [0.4, 0.5) is 0 Å². The first kappa shape index (κ1) is 11.9. The molecule has 0 saturated carbocycles. The molecule has 0 atom stereocenters. The maximum atomic E-state index is 10.6. The maximum absolute atomic E-state index is 10.6. The lowest BCUT2D eigenvalue weighted by Crippen LogP contribution is -1.87. The molecule has 2 nitrogen and oxygen atoms in total. The summed E-state index contributed by atoms with van der Waals surface area (Å²) in [6.07, 6.45) is 6.31. The summed E-state index contributed by atoms with van der Waals surface area (Å²) in [5, 5.41) is 0.900. The molecule has 1 aromatic carbocycles. The number of alkyl halides is 1. The average Bonchev–Trinajstić information content (AvgIpc) is 2.29. The van der Waals surface area contributed by atoms with Gasteiger partial charge in [0.1, 0.15) is 12.6 Å². The van der Waals surface area contributed by atoms with E-state index in [1.807, 2.05) is 12.2 Å². The number of hydrogen-bond acceptors (Lipinski definition) is 2. The third-order valence-electron chi connectivity index (χ3n) is 1.86. The summed E-state index contributed by atoms with van der Waals surface area (Å²) >= 11 is 3.32. The first-order valence-corrected chi connectivity index (χ1v) is 5.70. The van der Waals surface area contributed by atoms with Gasteiger partial charge in [0, 0.05) is 16.5 Å². The molecule has 0 aliphatic heterocycles. The second kappa shape index (κ2) is 6.30. The van der Waals surface area contributed by atoms with E-state index in [2.05, 4.69) is 15.9 Å². The summed E-state index contributed by atoms with van der Waals surface area (Å²) < 4.78 is 0. The Bertz CT molecular complexity index is 357. The molecule has 0 fully saturated rings. The van der Waals surface area contributed by atoms with Crippen molar-refractivity contribution in [2.45, 2.75) is 6.42 Å². The minimum atomic E-state index is 0.526. The predicted molar refractivity (Wildman–Crippen MR) is 64.7 cm³/mol. The van der Waals surface area contributed by atoms with Gasteiger partial charge in [0.15, 0.2) is 0 Å². The Hall–Kier alpha value is -1.22. The summed E-state index contributed by atoms with van der Waals surface area (Å²) in [6.45, 7) is 0. The fourth-order valence-electron chi connectivity index (χ4n) is 1.22. The molecule has 0 spiro atoms. The van der Waals surface area contributed by atoms with Crippen LogP contribution < -0.4 is 0 Å². The predicted octanol–water partition coefficient (Wildman–Crippen LogP) is 3.11. The van der Waals surface area contributed by atoms with Crippen molar-refractivity contribution in [1.82, 2.24) is 0 Å². The zero-order valence-electron chi connectivity index (χ0n) is 8.15. The van der Waals surface area contributed by atoms with Gasteiger partial charge in [-0.2, -0.15) is 0 Å². The quantitative estimate of drug-likeness (QED) is 0.606. The number of carbonyl (C=O) groups excluding carboxylic acids is 2. The molecule has 0 N–H and O–H groups in total. The van der Waals surface area contributed by atoms with Crippen molar-refractivity contribution >= 4 is 34.6 Å². The van der Waals surface area contributed by atoms with Crippen LogP contribution in [0.5, 0.6) is 0 Å². The van der Waals surface area contributed by atoms with Crippen LogP contribution in [0, 0.1) is 0 Å². The van der Waals surface area contributed by atoms with Gasteiger partial charge in [-0.1, -0.05) is 28.1 Å². The Balaban J connectivity index is 2.96. The molecule has 1 rings (SSSR count). The third-order valence-corrected chi connectivity index (χ3v) is 2.32. The summed E-state index contributed by atoms with van der Waals surface area (Å²) in [6, 6.07) is 5.08. The molecule has 3 heteroatoms. The van der Waals surface area contributed by atoms with E-state index in [-0.39, 0.29) is 0 Å². The fourth-order valence-corrected chi connectivity index (χ4v) is 1.48. The molecule has 0 bridgehead atoms. The highest BCUT2D eigenvalue weighted by molar-refractivity contribution is 9.09. The number of aldehydes is 2. The van der Waals surface area contributed by atoms with Crippen molar-refractivity contribution in [3.8, 4) is 0 Å². The minimum absolute atomic E-state index is 0.526. The van der Waals surface area contributed by atoms with Crippen LogP contribution in [0.3, 0.4) is 0 Å². The molecule has 1 aromatic rings. The SMILES string of the molecule is O=Cc1cc(C=O)cc(C=CCCBr)c1. The van der Waals surface area contributed by atoms with Gasteiger partial charge in [-0.15, -0.1) is 0 Å². The molecule has 78 valence electrons. The second-order valence-electron chi connectivity index (χ2n) is 3.05. The van der Waals surface area contributed by atoms with Crippen molar-refractivity contribution in [2.24, 2.45) is 0 Å². The smallest absolute Gasteiger partial charge is 0.150 e. The van der Waals surface area contributed by atoms with Gasteiger partial charge < -0.3 is 0 Å². The molecule has 0 aliphatic carbocycles. The number of rotatable bonds is 5. The number of benzene rings is 1. The highest BCUT2D eigenvalue weighted by atomic mass is 79.9. The van der Waals surface area contributed by atoms with Gasteiger partial charge >= 0.3 is 0 Å². The van der Waals surface area contributed by atoms with Gasteiger partial charge in [0.25, 0.3) is 0 Å². The van der Waals surface area contributed by atoms with E-state index in [1.165, 1.54) is 0 Å². The Labute approximate surface area is 97.1 Å². The monoisotopic (exact) mass is 266 g/mol. The summed E-state index contributed by atoms with van der Waals surface area (Å²) in [7, 11) is 0. The van der Waals surface area contributed by atoms with Crippen LogP contribution in [0.25, 0.3) is 6.08 Å². The largest absolute Gasteiger partial charge is 0.298 e. The minimum Gasteiger partial charge on any atom is -0.298 e. The molecule has 0 aliphatic rings. The van der Waals surface area contributed by atoms with E-state index >= 15 is 0 Å². The van der Waals surface area contributed by atoms with E-state index < -0.39 is 0 Å². The number of allylic oxidation sites excluding steroid dienone is 1. The van der Waals surface area contributed by atoms with Crippen molar-refractivity contribution in [3.05, 3.63) is 41.0 Å². The Morgan fingerprint density at radius 3 is 2.00 bits per heavy atom. The first-order valence-electron chi connectivity index (χ1n) is 4.58. The standard InChI is InChI=1S/C12H11BrO2/c13-4-2-1-3-10-5-11(8-14)7-12(6-10)9-15/h1,3,5-9H,2,4H2. The number of hydrogen-bond donors (Lipinski definition) is 0. The Morgan fingerprint density at radius 2 is 1.53 bits per heavy atom. The molecule has 15 heavy (non-hydrogen) atoms. The number of carbonyl (C=O) groups is 2. The van der Waals surface area contributed by atoms with Crippen LogP contribution in [0.1, 0.15) is 32.7 Å². The molecule has 0 radical (unpaired) electrons. The lowest BCUT2D eigenvalue weighted by atomic mass is 10.1. The summed E-state index contributed by atoms with van der Waals surface area (Å²) in [4.78, 5) is 21.2. The van der Waals surface area contributed by atoms with Gasteiger partial charge in [-0.25, -0.2) is 0 Å². The lowest BCUT2D eigenvalue weighted by Gasteiger charge is -1.98. The highest BCUT2D eigenvalue weighted by Crippen LogP contribution is 2.10. The van der Waals surface area contributed by atoms with E-state index in [0.29, 0.717) is 11.1 Å². The van der Waals surface area contributed by atoms with E-state index in [9.17, 15) is 9.59 Å². The van der Waals surface area contributed by atoms with Crippen molar-refractivity contribution in [2.75, 3.05) is 5.33 Å². The third kappa shape index (κ3) is 3.80. The Morgan fingerprint density at radius 1 is 1.00 bits per heavy atom. The molecule has 0 unspecified atom stereocenters. The normalized spacial score (nSPS) is 10.5. The van der Waals surface area contributed by atoms with Crippen LogP contribution in [0.15, 0.2) is 24.3 Å². The van der Waals surface area contributed by atoms with Gasteiger partial charge in [0.05, 0.1) is 0 Å². The van der Waals surface area contributed by atoms with Crippen LogP contribution in [0.2, 0.25) is 0 Å². The average molecular weight is 267 g/mol. The lowest BCUT2D eigenvalue weighted by molar-refractivity contribution is 0.112.